The van der Waals surface area contributed by atoms with E-state index < -0.39 is 35.8 Å². The van der Waals surface area contributed by atoms with E-state index in [1.165, 1.54) is 0 Å². The minimum absolute atomic E-state index is 0.0413. The molecule has 0 aliphatic heterocycles. The Morgan fingerprint density at radius 2 is 1.35 bits per heavy atom. The molecule has 4 amide bonds. The Morgan fingerprint density at radius 1 is 0.721 bits per heavy atom. The second-order valence-electron chi connectivity index (χ2n) is 10.5. The molecule has 224 valence electrons. The van der Waals surface area contributed by atoms with Crippen molar-refractivity contribution in [1.29, 1.82) is 0 Å². The molecule has 3 atom stereocenters. The first kappa shape index (κ1) is 31.0. The smallest absolute Gasteiger partial charge is 0.243 e. The van der Waals surface area contributed by atoms with Crippen LogP contribution in [-0.2, 0) is 38.4 Å². The molecule has 1 aromatic heterocycles. The van der Waals surface area contributed by atoms with E-state index in [-0.39, 0.29) is 31.6 Å². The Bertz CT molecular complexity index is 1520. The summed E-state index contributed by atoms with van der Waals surface area (Å²) in [4.78, 5) is 54.8. The molecular formula is C33H38N6O4. The third kappa shape index (κ3) is 9.27. The van der Waals surface area contributed by atoms with Gasteiger partial charge in [0.15, 0.2) is 0 Å². The number of H-pyrrole nitrogens is 1. The molecule has 3 unspecified atom stereocenters. The minimum atomic E-state index is -1.12. The van der Waals surface area contributed by atoms with Gasteiger partial charge in [-0.05, 0) is 42.0 Å². The zero-order valence-corrected chi connectivity index (χ0v) is 23.9. The number of fused-ring (bicyclic) bond motifs is 1. The van der Waals surface area contributed by atoms with Gasteiger partial charge in [0.25, 0.3) is 0 Å². The fraction of sp³-hybridized carbons (Fsp3) is 0.273. The Kier molecular flexibility index (Phi) is 11.0. The largest absolute Gasteiger partial charge is 0.370 e. The molecule has 0 aliphatic rings. The van der Waals surface area contributed by atoms with Crippen LogP contribution in [0.5, 0.6) is 0 Å². The first-order valence-corrected chi connectivity index (χ1v) is 14.4. The lowest BCUT2D eigenvalue weighted by Gasteiger charge is -2.24. The first-order valence-electron chi connectivity index (χ1n) is 14.4. The quantitative estimate of drug-likeness (QED) is 0.125. The van der Waals surface area contributed by atoms with Gasteiger partial charge in [-0.2, -0.15) is 0 Å². The zero-order chi connectivity index (χ0) is 30.6. The number of aromatic nitrogens is 1. The van der Waals surface area contributed by atoms with Crippen LogP contribution >= 0.6 is 0 Å². The molecule has 0 saturated carbocycles. The SMILES string of the molecule is NC(=O)CCC(NC(=O)C(N)Cc1ccccc1)C(=O)NC(Cc1c[nH]c2ccccc12)C(=O)NCCc1ccccc1. The van der Waals surface area contributed by atoms with Crippen molar-refractivity contribution in [1.82, 2.24) is 20.9 Å². The van der Waals surface area contributed by atoms with Crippen LogP contribution in [0.15, 0.2) is 91.1 Å². The van der Waals surface area contributed by atoms with E-state index in [0.29, 0.717) is 13.0 Å². The van der Waals surface area contributed by atoms with Gasteiger partial charge in [-0.15, -0.1) is 0 Å². The third-order valence-electron chi connectivity index (χ3n) is 7.24. The maximum atomic E-state index is 13.6. The number of carbonyl (C=O) groups excluding carboxylic acids is 4. The summed E-state index contributed by atoms with van der Waals surface area (Å²) in [6, 6.07) is 23.7. The summed E-state index contributed by atoms with van der Waals surface area (Å²) >= 11 is 0. The van der Waals surface area contributed by atoms with E-state index in [1.54, 1.807) is 0 Å². The Labute approximate surface area is 250 Å². The number of para-hydroxylation sites is 1. The maximum absolute atomic E-state index is 13.6. The number of amides is 4. The van der Waals surface area contributed by atoms with Gasteiger partial charge in [-0.25, -0.2) is 0 Å². The number of carbonyl (C=O) groups is 4. The molecule has 4 rings (SSSR count). The van der Waals surface area contributed by atoms with Crippen molar-refractivity contribution in [2.45, 2.75) is 50.2 Å². The first-order chi connectivity index (χ1) is 20.8. The van der Waals surface area contributed by atoms with Crippen molar-refractivity contribution in [2.75, 3.05) is 6.54 Å². The molecule has 3 aromatic carbocycles. The molecule has 8 N–H and O–H groups in total. The highest BCUT2D eigenvalue weighted by atomic mass is 16.2. The molecule has 0 radical (unpaired) electrons. The molecule has 0 aliphatic carbocycles. The number of primary amides is 1. The van der Waals surface area contributed by atoms with Crippen molar-refractivity contribution >= 4 is 34.5 Å². The number of hydrogen-bond donors (Lipinski definition) is 6. The molecule has 4 aromatic rings. The summed E-state index contributed by atoms with van der Waals surface area (Å²) < 4.78 is 0. The van der Waals surface area contributed by atoms with Gasteiger partial charge in [0.05, 0.1) is 6.04 Å². The van der Waals surface area contributed by atoms with Gasteiger partial charge in [-0.1, -0.05) is 78.9 Å². The lowest BCUT2D eigenvalue weighted by atomic mass is 10.0. The standard InChI is InChI=1S/C33H38N6O4/c34-26(19-23-11-5-2-6-12-23)31(41)38-28(15-16-30(35)40)33(43)39-29(20-24-21-37-27-14-8-7-13-25(24)27)32(42)36-18-17-22-9-3-1-4-10-22/h1-14,21,26,28-29,37H,15-20,34H2,(H2,35,40)(H,36,42)(H,38,41)(H,39,43). The van der Waals surface area contributed by atoms with Crippen LogP contribution in [0.25, 0.3) is 10.9 Å². The van der Waals surface area contributed by atoms with Gasteiger partial charge in [0.2, 0.25) is 23.6 Å². The summed E-state index contributed by atoms with van der Waals surface area (Å²) in [7, 11) is 0. The number of rotatable bonds is 15. The van der Waals surface area contributed by atoms with Crippen molar-refractivity contribution in [3.8, 4) is 0 Å². The molecule has 1 heterocycles. The molecule has 43 heavy (non-hydrogen) atoms. The van der Waals surface area contributed by atoms with Crippen molar-refractivity contribution < 1.29 is 19.2 Å². The Morgan fingerprint density at radius 3 is 2.05 bits per heavy atom. The Balaban J connectivity index is 1.48. The van der Waals surface area contributed by atoms with Gasteiger partial charge in [-0.3, -0.25) is 19.2 Å². The molecule has 0 spiro atoms. The van der Waals surface area contributed by atoms with E-state index in [9.17, 15) is 19.2 Å². The number of benzene rings is 3. The second-order valence-corrected chi connectivity index (χ2v) is 10.5. The van der Waals surface area contributed by atoms with E-state index >= 15 is 0 Å². The van der Waals surface area contributed by atoms with Gasteiger partial charge < -0.3 is 32.4 Å². The van der Waals surface area contributed by atoms with Crippen LogP contribution in [-0.4, -0.2) is 53.3 Å². The topological polar surface area (TPSA) is 172 Å². The summed E-state index contributed by atoms with van der Waals surface area (Å²) in [6.45, 7) is 0.374. The summed E-state index contributed by atoms with van der Waals surface area (Å²) in [5.74, 6) is -2.14. The van der Waals surface area contributed by atoms with E-state index in [0.717, 1.165) is 27.6 Å². The number of hydrogen-bond acceptors (Lipinski definition) is 5. The van der Waals surface area contributed by atoms with Gasteiger partial charge >= 0.3 is 0 Å². The van der Waals surface area contributed by atoms with Crippen molar-refractivity contribution in [2.24, 2.45) is 11.5 Å². The third-order valence-corrected chi connectivity index (χ3v) is 7.24. The number of nitrogens with two attached hydrogens (primary N) is 2. The lowest BCUT2D eigenvalue weighted by molar-refractivity contribution is -0.132. The summed E-state index contributed by atoms with van der Waals surface area (Å²) in [5, 5.41) is 9.34. The van der Waals surface area contributed by atoms with Gasteiger partial charge in [0.1, 0.15) is 12.1 Å². The molecule has 0 bridgehead atoms. The monoisotopic (exact) mass is 582 g/mol. The molecule has 0 fully saturated rings. The average molecular weight is 583 g/mol. The molecular weight excluding hydrogens is 544 g/mol. The maximum Gasteiger partial charge on any atom is 0.243 e. The van der Waals surface area contributed by atoms with Crippen LogP contribution in [0.4, 0.5) is 0 Å². The van der Waals surface area contributed by atoms with Crippen LogP contribution in [0.1, 0.15) is 29.5 Å². The van der Waals surface area contributed by atoms with Crippen molar-refractivity contribution in [3.05, 3.63) is 108 Å². The van der Waals surface area contributed by atoms with Crippen molar-refractivity contribution in [3.63, 3.8) is 0 Å². The molecule has 10 heteroatoms. The fourth-order valence-electron chi connectivity index (χ4n) is 4.89. The predicted octanol–water partition coefficient (Wildman–Crippen LogP) is 1.87. The second kappa shape index (κ2) is 15.3. The zero-order valence-electron chi connectivity index (χ0n) is 23.9. The summed E-state index contributed by atoms with van der Waals surface area (Å²) in [6.07, 6.45) is 2.73. The van der Waals surface area contributed by atoms with Crippen LogP contribution in [0, 0.1) is 0 Å². The van der Waals surface area contributed by atoms with Gasteiger partial charge in [0, 0.05) is 36.5 Å². The molecule has 0 saturated heterocycles. The fourth-order valence-corrected chi connectivity index (χ4v) is 4.89. The number of nitrogens with one attached hydrogen (secondary N) is 4. The highest BCUT2D eigenvalue weighted by Gasteiger charge is 2.29. The minimum Gasteiger partial charge on any atom is -0.370 e. The highest BCUT2D eigenvalue weighted by molar-refractivity contribution is 5.94. The number of aromatic amines is 1. The van der Waals surface area contributed by atoms with E-state index in [2.05, 4.69) is 20.9 Å². The normalized spacial score (nSPS) is 13.0. The van der Waals surface area contributed by atoms with Crippen LogP contribution in [0.3, 0.4) is 0 Å². The predicted molar refractivity (Wildman–Crippen MR) is 166 cm³/mol. The summed E-state index contributed by atoms with van der Waals surface area (Å²) in [5.41, 5.74) is 15.2. The van der Waals surface area contributed by atoms with E-state index in [1.807, 2.05) is 91.1 Å². The van der Waals surface area contributed by atoms with E-state index in [4.69, 9.17) is 11.5 Å². The average Bonchev–Trinajstić information content (AvgIpc) is 3.42. The van der Waals surface area contributed by atoms with Crippen LogP contribution < -0.4 is 27.4 Å². The highest BCUT2D eigenvalue weighted by Crippen LogP contribution is 2.19. The molecule has 10 nitrogen and oxygen atoms in total. The van der Waals surface area contributed by atoms with Crippen LogP contribution in [0.2, 0.25) is 0 Å². The Hall–Kier alpha value is -4.96. The lowest BCUT2D eigenvalue weighted by Crippen LogP contribution is -2.56.